The molecule has 4 heteroatoms. The third-order valence-corrected chi connectivity index (χ3v) is 4.97. The number of hydrogen-bond donors (Lipinski definition) is 0. The summed E-state index contributed by atoms with van der Waals surface area (Å²) in [5.74, 6) is 0. The average molecular weight is 346 g/mol. The molecule has 1 aromatic carbocycles. The Hall–Kier alpha value is -2.43. The molecule has 3 heterocycles. The van der Waals surface area contributed by atoms with Gasteiger partial charge in [0.1, 0.15) is 5.65 Å². The zero-order valence-electron chi connectivity index (χ0n) is 15.4. The normalized spacial score (nSPS) is 16.7. The van der Waals surface area contributed by atoms with Gasteiger partial charge in [-0.3, -0.25) is 9.80 Å². The van der Waals surface area contributed by atoms with E-state index < -0.39 is 0 Å². The molecule has 0 bridgehead atoms. The first kappa shape index (κ1) is 17.0. The molecule has 2 aromatic heterocycles. The van der Waals surface area contributed by atoms with Crippen molar-refractivity contribution >= 4 is 11.7 Å². The van der Waals surface area contributed by atoms with Gasteiger partial charge in [0.25, 0.3) is 0 Å². The van der Waals surface area contributed by atoms with E-state index in [0.29, 0.717) is 0 Å². The van der Waals surface area contributed by atoms with E-state index in [-0.39, 0.29) is 0 Å². The Labute approximate surface area is 155 Å². The zero-order chi connectivity index (χ0) is 17.8. The van der Waals surface area contributed by atoms with Gasteiger partial charge >= 0.3 is 0 Å². The molecule has 0 N–H and O–H groups in total. The quantitative estimate of drug-likeness (QED) is 0.707. The second kappa shape index (κ2) is 7.85. The van der Waals surface area contributed by atoms with Crippen LogP contribution in [0.1, 0.15) is 16.8 Å². The Morgan fingerprint density at radius 2 is 1.69 bits per heavy atom. The molecule has 0 saturated carbocycles. The second-order valence-electron chi connectivity index (χ2n) is 7.09. The summed E-state index contributed by atoms with van der Waals surface area (Å²) in [7, 11) is 0. The highest BCUT2D eigenvalue weighted by atomic mass is 15.3. The van der Waals surface area contributed by atoms with Crippen molar-refractivity contribution in [1.82, 2.24) is 19.2 Å². The number of imidazole rings is 1. The number of piperazine rings is 1. The zero-order valence-corrected chi connectivity index (χ0v) is 15.4. The summed E-state index contributed by atoms with van der Waals surface area (Å²) in [6.07, 6.45) is 8.79. The SMILES string of the molecule is Cc1ccc2nc(CN3CCN(C/C=C/c4ccccc4)CC3)cn2c1. The van der Waals surface area contributed by atoms with Crippen molar-refractivity contribution in [3.05, 3.63) is 77.8 Å². The van der Waals surface area contributed by atoms with Crippen LogP contribution in [-0.2, 0) is 6.54 Å². The Balaban J connectivity index is 1.27. The minimum absolute atomic E-state index is 0.939. The average Bonchev–Trinajstić information content (AvgIpc) is 3.05. The van der Waals surface area contributed by atoms with E-state index in [1.54, 1.807) is 0 Å². The number of benzene rings is 1. The topological polar surface area (TPSA) is 23.8 Å². The van der Waals surface area contributed by atoms with E-state index in [1.165, 1.54) is 11.1 Å². The van der Waals surface area contributed by atoms with Crippen LogP contribution >= 0.6 is 0 Å². The molecule has 0 aliphatic carbocycles. The number of fused-ring (bicyclic) bond motifs is 1. The van der Waals surface area contributed by atoms with Crippen molar-refractivity contribution in [3.8, 4) is 0 Å². The fourth-order valence-corrected chi connectivity index (χ4v) is 3.49. The Morgan fingerprint density at radius 1 is 0.923 bits per heavy atom. The van der Waals surface area contributed by atoms with E-state index in [4.69, 9.17) is 4.98 Å². The molecule has 3 aromatic rings. The molecule has 0 radical (unpaired) electrons. The standard InChI is InChI=1S/C22H26N4/c1-19-9-10-22-23-21(18-26(22)16-19)17-25-14-12-24(13-15-25)11-5-8-20-6-3-2-4-7-20/h2-10,16,18H,11-15,17H2,1H3/b8-5+. The van der Waals surface area contributed by atoms with Gasteiger partial charge in [0.05, 0.1) is 5.69 Å². The van der Waals surface area contributed by atoms with Crippen molar-refractivity contribution in [2.45, 2.75) is 13.5 Å². The number of aryl methyl sites for hydroxylation is 1. The van der Waals surface area contributed by atoms with Crippen LogP contribution in [0.5, 0.6) is 0 Å². The van der Waals surface area contributed by atoms with Gasteiger partial charge in [-0.15, -0.1) is 0 Å². The molecule has 0 unspecified atom stereocenters. The van der Waals surface area contributed by atoms with Crippen LogP contribution in [0.2, 0.25) is 0 Å². The highest BCUT2D eigenvalue weighted by molar-refractivity contribution is 5.48. The van der Waals surface area contributed by atoms with Gasteiger partial charge in [0.2, 0.25) is 0 Å². The first-order valence-electron chi connectivity index (χ1n) is 9.37. The Kier molecular flexibility index (Phi) is 5.14. The van der Waals surface area contributed by atoms with Crippen molar-refractivity contribution in [2.75, 3.05) is 32.7 Å². The number of hydrogen-bond acceptors (Lipinski definition) is 3. The Bertz CT molecular complexity index is 874. The number of rotatable bonds is 5. The highest BCUT2D eigenvalue weighted by Crippen LogP contribution is 2.11. The van der Waals surface area contributed by atoms with E-state index in [2.05, 4.69) is 88.1 Å². The first-order chi connectivity index (χ1) is 12.8. The molecule has 134 valence electrons. The van der Waals surface area contributed by atoms with Crippen LogP contribution in [0.4, 0.5) is 0 Å². The van der Waals surface area contributed by atoms with Gasteiger partial charge in [-0.05, 0) is 24.1 Å². The fraction of sp³-hybridized carbons (Fsp3) is 0.318. The molecule has 0 spiro atoms. The Morgan fingerprint density at radius 3 is 2.50 bits per heavy atom. The molecule has 26 heavy (non-hydrogen) atoms. The summed E-state index contributed by atoms with van der Waals surface area (Å²) in [4.78, 5) is 9.77. The smallest absolute Gasteiger partial charge is 0.137 e. The van der Waals surface area contributed by atoms with Gasteiger partial charge in [-0.1, -0.05) is 48.6 Å². The third-order valence-electron chi connectivity index (χ3n) is 4.97. The van der Waals surface area contributed by atoms with Crippen molar-refractivity contribution in [3.63, 3.8) is 0 Å². The molecule has 4 nitrogen and oxygen atoms in total. The van der Waals surface area contributed by atoms with E-state index in [1.807, 2.05) is 0 Å². The van der Waals surface area contributed by atoms with Crippen LogP contribution in [0.3, 0.4) is 0 Å². The summed E-state index contributed by atoms with van der Waals surface area (Å²) in [5.41, 5.74) is 4.73. The van der Waals surface area contributed by atoms with Crippen molar-refractivity contribution in [1.29, 1.82) is 0 Å². The van der Waals surface area contributed by atoms with Crippen LogP contribution in [0.25, 0.3) is 11.7 Å². The molecule has 0 atom stereocenters. The molecule has 1 fully saturated rings. The molecule has 1 aliphatic rings. The summed E-state index contributed by atoms with van der Waals surface area (Å²) >= 11 is 0. The number of pyridine rings is 1. The van der Waals surface area contributed by atoms with Crippen LogP contribution in [-0.4, -0.2) is 51.9 Å². The first-order valence-corrected chi connectivity index (χ1v) is 9.37. The van der Waals surface area contributed by atoms with Crippen molar-refractivity contribution in [2.24, 2.45) is 0 Å². The fourth-order valence-electron chi connectivity index (χ4n) is 3.49. The predicted octanol–water partition coefficient (Wildman–Crippen LogP) is 3.47. The van der Waals surface area contributed by atoms with Gasteiger partial charge in [-0.2, -0.15) is 0 Å². The molecular weight excluding hydrogens is 320 g/mol. The molecule has 0 amide bonds. The maximum atomic E-state index is 4.75. The summed E-state index contributed by atoms with van der Waals surface area (Å²) in [6.45, 7) is 8.52. The lowest BCUT2D eigenvalue weighted by Crippen LogP contribution is -2.45. The minimum Gasteiger partial charge on any atom is -0.307 e. The molecule has 1 saturated heterocycles. The summed E-state index contributed by atoms with van der Waals surface area (Å²) in [6, 6.07) is 14.7. The third kappa shape index (κ3) is 4.21. The summed E-state index contributed by atoms with van der Waals surface area (Å²) < 4.78 is 2.13. The molecule has 1 aliphatic heterocycles. The van der Waals surface area contributed by atoms with Crippen LogP contribution in [0, 0.1) is 6.92 Å². The van der Waals surface area contributed by atoms with Gasteiger partial charge in [0.15, 0.2) is 0 Å². The second-order valence-corrected chi connectivity index (χ2v) is 7.09. The van der Waals surface area contributed by atoms with E-state index in [0.717, 1.165) is 50.6 Å². The maximum Gasteiger partial charge on any atom is 0.137 e. The lowest BCUT2D eigenvalue weighted by molar-refractivity contribution is 0.136. The summed E-state index contributed by atoms with van der Waals surface area (Å²) in [5, 5.41) is 0. The highest BCUT2D eigenvalue weighted by Gasteiger charge is 2.17. The van der Waals surface area contributed by atoms with Gasteiger partial charge in [0, 0.05) is 51.7 Å². The molecule has 4 rings (SSSR count). The molecular formula is C22H26N4. The lowest BCUT2D eigenvalue weighted by atomic mass is 10.2. The predicted molar refractivity (Wildman–Crippen MR) is 107 cm³/mol. The van der Waals surface area contributed by atoms with Crippen molar-refractivity contribution < 1.29 is 0 Å². The maximum absolute atomic E-state index is 4.75. The largest absolute Gasteiger partial charge is 0.307 e. The van der Waals surface area contributed by atoms with Gasteiger partial charge in [-0.25, -0.2) is 4.98 Å². The van der Waals surface area contributed by atoms with Gasteiger partial charge < -0.3 is 4.40 Å². The van der Waals surface area contributed by atoms with E-state index >= 15 is 0 Å². The monoisotopic (exact) mass is 346 g/mol. The van der Waals surface area contributed by atoms with Crippen LogP contribution < -0.4 is 0 Å². The van der Waals surface area contributed by atoms with Crippen LogP contribution in [0.15, 0.2) is 60.9 Å². The van der Waals surface area contributed by atoms with E-state index in [9.17, 15) is 0 Å². The lowest BCUT2D eigenvalue weighted by Gasteiger charge is -2.33. The number of nitrogens with zero attached hydrogens (tertiary/aromatic N) is 4. The minimum atomic E-state index is 0.939. The number of aromatic nitrogens is 2.